The van der Waals surface area contributed by atoms with Crippen LogP contribution in [0.1, 0.15) is 70.5 Å². The van der Waals surface area contributed by atoms with Gasteiger partial charge in [0.15, 0.2) is 0 Å². The van der Waals surface area contributed by atoms with Crippen molar-refractivity contribution < 1.29 is 19.4 Å². The molecule has 5 heteroatoms. The number of carbonyl (C=O) groups is 2. The molecule has 0 aliphatic heterocycles. The highest BCUT2D eigenvalue weighted by atomic mass is 16.5. The summed E-state index contributed by atoms with van der Waals surface area (Å²) in [5.74, 6) is -0.716. The quantitative estimate of drug-likeness (QED) is 0.133. The van der Waals surface area contributed by atoms with E-state index in [1.807, 2.05) is 36.4 Å². The predicted molar refractivity (Wildman–Crippen MR) is 167 cm³/mol. The Labute approximate surface area is 249 Å². The molecular formula is C37H41NO4. The van der Waals surface area contributed by atoms with Gasteiger partial charge in [0, 0.05) is 19.5 Å². The summed E-state index contributed by atoms with van der Waals surface area (Å²) in [5.41, 5.74) is 6.24. The van der Waals surface area contributed by atoms with Crippen LogP contribution in [-0.2, 0) is 35.5 Å². The number of aromatic carboxylic acids is 1. The molecule has 0 saturated heterocycles. The van der Waals surface area contributed by atoms with Crippen LogP contribution in [0.15, 0.2) is 109 Å². The van der Waals surface area contributed by atoms with Gasteiger partial charge in [-0.3, -0.25) is 4.90 Å². The minimum Gasteiger partial charge on any atom is -0.478 e. The van der Waals surface area contributed by atoms with E-state index in [1.54, 1.807) is 19.1 Å². The largest absolute Gasteiger partial charge is 0.478 e. The van der Waals surface area contributed by atoms with Gasteiger partial charge in [-0.25, -0.2) is 4.79 Å². The first kappa shape index (κ1) is 30.9. The summed E-state index contributed by atoms with van der Waals surface area (Å²) in [6, 6.07) is 36.6. The molecule has 0 aliphatic carbocycles. The van der Waals surface area contributed by atoms with Crippen LogP contribution >= 0.6 is 0 Å². The fourth-order valence-electron chi connectivity index (χ4n) is 5.04. The van der Waals surface area contributed by atoms with Crippen LogP contribution in [0, 0.1) is 0 Å². The first-order valence-electron chi connectivity index (χ1n) is 14.8. The Morgan fingerprint density at radius 3 is 1.90 bits per heavy atom. The van der Waals surface area contributed by atoms with Gasteiger partial charge < -0.3 is 14.6 Å². The topological polar surface area (TPSA) is 66.8 Å². The third-order valence-corrected chi connectivity index (χ3v) is 7.47. The van der Waals surface area contributed by atoms with Gasteiger partial charge in [-0.1, -0.05) is 97.1 Å². The first-order valence-corrected chi connectivity index (χ1v) is 14.8. The van der Waals surface area contributed by atoms with Gasteiger partial charge in [-0.05, 0) is 79.1 Å². The molecule has 4 rings (SSSR count). The second-order valence-electron chi connectivity index (χ2n) is 10.9. The summed E-state index contributed by atoms with van der Waals surface area (Å²) in [5, 5.41) is 9.28. The maximum Gasteiger partial charge on any atom is 0.335 e. The summed E-state index contributed by atoms with van der Waals surface area (Å²) in [4.78, 5) is 25.1. The standard InChI is InChI=1S/C37H41NO4/c1-29(39)10-8-9-25-38(26-32-21-23-35(24-22-32)37(40)41)27-36(34-13-6-3-7-14-34)42-28-33-19-17-31(18-20-33)16-15-30-11-4-2-5-12-30/h2-7,11-14,17-24,36H,8-10,15-16,25-28H2,1H3,(H,40,41). The lowest BCUT2D eigenvalue weighted by molar-refractivity contribution is -0.117. The van der Waals surface area contributed by atoms with Crippen molar-refractivity contribution in [3.8, 4) is 0 Å². The van der Waals surface area contributed by atoms with E-state index in [0.717, 1.165) is 48.9 Å². The number of unbranched alkanes of at least 4 members (excludes halogenated alkanes) is 1. The second kappa shape index (κ2) is 16.4. The molecule has 0 amide bonds. The van der Waals surface area contributed by atoms with E-state index in [4.69, 9.17) is 4.74 Å². The van der Waals surface area contributed by atoms with E-state index >= 15 is 0 Å². The molecule has 4 aromatic carbocycles. The molecule has 1 N–H and O–H groups in total. The Bertz CT molecular complexity index is 1370. The summed E-state index contributed by atoms with van der Waals surface area (Å²) in [6.07, 6.45) is 4.21. The van der Waals surface area contributed by atoms with E-state index in [0.29, 0.717) is 26.1 Å². The number of nitrogens with zero attached hydrogens (tertiary/aromatic N) is 1. The molecule has 0 heterocycles. The molecule has 5 nitrogen and oxygen atoms in total. The minimum absolute atomic E-state index is 0.143. The van der Waals surface area contributed by atoms with E-state index in [1.165, 1.54) is 11.1 Å². The highest BCUT2D eigenvalue weighted by Gasteiger charge is 2.18. The Kier molecular flexibility index (Phi) is 12.1. The fraction of sp³-hybridized carbons (Fsp3) is 0.297. The maximum absolute atomic E-state index is 11.5. The Hall–Kier alpha value is -4.06. The zero-order valence-electron chi connectivity index (χ0n) is 24.5. The lowest BCUT2D eigenvalue weighted by Crippen LogP contribution is -2.30. The van der Waals surface area contributed by atoms with Crippen LogP contribution in [0.5, 0.6) is 0 Å². The zero-order chi connectivity index (χ0) is 29.6. The molecule has 1 atom stereocenters. The number of benzene rings is 4. The van der Waals surface area contributed by atoms with Crippen LogP contribution in [0.3, 0.4) is 0 Å². The van der Waals surface area contributed by atoms with Crippen LogP contribution in [0.4, 0.5) is 0 Å². The molecule has 0 aliphatic rings. The smallest absolute Gasteiger partial charge is 0.335 e. The second-order valence-corrected chi connectivity index (χ2v) is 10.9. The van der Waals surface area contributed by atoms with Crippen LogP contribution in [0.25, 0.3) is 0 Å². The number of carboxylic acid groups (broad SMARTS) is 1. The van der Waals surface area contributed by atoms with Gasteiger partial charge >= 0.3 is 5.97 Å². The van der Waals surface area contributed by atoms with Gasteiger partial charge in [-0.15, -0.1) is 0 Å². The molecule has 42 heavy (non-hydrogen) atoms. The molecule has 0 fully saturated rings. The van der Waals surface area contributed by atoms with Crippen molar-refractivity contribution in [2.75, 3.05) is 13.1 Å². The third kappa shape index (κ3) is 10.4. The number of ketones is 1. The number of hydrogen-bond acceptors (Lipinski definition) is 4. The molecule has 1 unspecified atom stereocenters. The minimum atomic E-state index is -0.926. The van der Waals surface area contributed by atoms with E-state index in [-0.39, 0.29) is 17.5 Å². The Morgan fingerprint density at radius 2 is 1.29 bits per heavy atom. The average molecular weight is 564 g/mol. The van der Waals surface area contributed by atoms with Crippen LogP contribution in [0.2, 0.25) is 0 Å². The van der Waals surface area contributed by atoms with Crippen LogP contribution < -0.4 is 0 Å². The summed E-state index contributed by atoms with van der Waals surface area (Å²) in [6.45, 7) is 4.31. The number of Topliss-reactive ketones (excluding diaryl/α,β-unsaturated/α-hetero) is 1. The maximum atomic E-state index is 11.5. The van der Waals surface area contributed by atoms with Crippen LogP contribution in [-0.4, -0.2) is 34.8 Å². The van der Waals surface area contributed by atoms with Crippen molar-refractivity contribution in [3.05, 3.63) is 143 Å². The number of rotatable bonds is 17. The number of carboxylic acids is 1. The third-order valence-electron chi connectivity index (χ3n) is 7.47. The molecular weight excluding hydrogens is 522 g/mol. The van der Waals surface area contributed by atoms with E-state index < -0.39 is 5.97 Å². The molecule has 0 spiro atoms. The zero-order valence-corrected chi connectivity index (χ0v) is 24.5. The summed E-state index contributed by atoms with van der Waals surface area (Å²) >= 11 is 0. The van der Waals surface area contributed by atoms with Gasteiger partial charge in [0.1, 0.15) is 5.78 Å². The normalized spacial score (nSPS) is 11.9. The highest BCUT2D eigenvalue weighted by molar-refractivity contribution is 5.87. The number of aryl methyl sites for hydroxylation is 2. The van der Waals surface area contributed by atoms with Crippen molar-refractivity contribution >= 4 is 11.8 Å². The first-order chi connectivity index (χ1) is 20.5. The molecule has 0 saturated carbocycles. The van der Waals surface area contributed by atoms with Crippen molar-refractivity contribution in [2.45, 2.75) is 58.3 Å². The van der Waals surface area contributed by atoms with E-state index in [9.17, 15) is 14.7 Å². The predicted octanol–water partition coefficient (Wildman–Crippen LogP) is 7.69. The average Bonchev–Trinajstić information content (AvgIpc) is 3.01. The van der Waals surface area contributed by atoms with Gasteiger partial charge in [0.25, 0.3) is 0 Å². The fourth-order valence-corrected chi connectivity index (χ4v) is 5.04. The Balaban J connectivity index is 1.42. The van der Waals surface area contributed by atoms with Crippen molar-refractivity contribution in [1.29, 1.82) is 0 Å². The number of hydrogen-bond donors (Lipinski definition) is 1. The van der Waals surface area contributed by atoms with Gasteiger partial charge in [0.05, 0.1) is 18.3 Å². The van der Waals surface area contributed by atoms with Crippen molar-refractivity contribution in [3.63, 3.8) is 0 Å². The lowest BCUT2D eigenvalue weighted by atomic mass is 10.0. The van der Waals surface area contributed by atoms with Crippen molar-refractivity contribution in [2.24, 2.45) is 0 Å². The highest BCUT2D eigenvalue weighted by Crippen LogP contribution is 2.23. The number of ether oxygens (including phenoxy) is 1. The molecule has 4 aromatic rings. The molecule has 0 aromatic heterocycles. The monoisotopic (exact) mass is 563 g/mol. The lowest BCUT2D eigenvalue weighted by Gasteiger charge is -2.28. The van der Waals surface area contributed by atoms with Crippen molar-refractivity contribution in [1.82, 2.24) is 4.90 Å². The summed E-state index contributed by atoms with van der Waals surface area (Å²) < 4.78 is 6.57. The summed E-state index contributed by atoms with van der Waals surface area (Å²) in [7, 11) is 0. The Morgan fingerprint density at radius 1 is 0.714 bits per heavy atom. The van der Waals surface area contributed by atoms with Gasteiger partial charge in [0.2, 0.25) is 0 Å². The SMILES string of the molecule is CC(=O)CCCCN(Cc1ccc(C(=O)O)cc1)CC(OCc1ccc(CCc2ccccc2)cc1)c1ccccc1. The van der Waals surface area contributed by atoms with E-state index in [2.05, 4.69) is 65.6 Å². The van der Waals surface area contributed by atoms with Gasteiger partial charge in [-0.2, -0.15) is 0 Å². The molecule has 0 bridgehead atoms. The molecule has 0 radical (unpaired) electrons. The number of carbonyl (C=O) groups excluding carboxylic acids is 1. The molecule has 218 valence electrons.